The lowest BCUT2D eigenvalue weighted by atomic mass is 10.1. The molecule has 3 heteroatoms. The molecule has 0 amide bonds. The molecule has 88 valence electrons. The van der Waals surface area contributed by atoms with Crippen LogP contribution in [0.1, 0.15) is 16.8 Å². The summed E-state index contributed by atoms with van der Waals surface area (Å²) in [5.74, 6) is 0. The average Bonchev–Trinajstić information content (AvgIpc) is 2.32. The molecule has 3 N–H and O–H groups in total. The summed E-state index contributed by atoms with van der Waals surface area (Å²) >= 11 is 0. The summed E-state index contributed by atoms with van der Waals surface area (Å²) < 4.78 is 0. The summed E-state index contributed by atoms with van der Waals surface area (Å²) in [4.78, 5) is 4.27. The lowest BCUT2D eigenvalue weighted by Gasteiger charge is -2.10. The molecule has 0 aliphatic heterocycles. The van der Waals surface area contributed by atoms with Gasteiger partial charge in [0.25, 0.3) is 0 Å². The van der Waals surface area contributed by atoms with Gasteiger partial charge < -0.3 is 11.1 Å². The minimum atomic E-state index is 0.761. The minimum Gasteiger partial charge on any atom is -0.399 e. The monoisotopic (exact) mass is 227 g/mol. The van der Waals surface area contributed by atoms with E-state index in [-0.39, 0.29) is 0 Å². The van der Waals surface area contributed by atoms with Crippen molar-refractivity contribution < 1.29 is 0 Å². The number of aryl methyl sites for hydroxylation is 2. The van der Waals surface area contributed by atoms with E-state index in [9.17, 15) is 0 Å². The highest BCUT2D eigenvalue weighted by Crippen LogP contribution is 2.18. The molecule has 17 heavy (non-hydrogen) atoms. The number of benzene rings is 1. The van der Waals surface area contributed by atoms with Crippen LogP contribution in [-0.2, 0) is 6.54 Å². The molecular formula is C14H17N3. The smallest absolute Gasteiger partial charge is 0.0416 e. The molecule has 0 saturated carbocycles. The van der Waals surface area contributed by atoms with E-state index >= 15 is 0 Å². The van der Waals surface area contributed by atoms with Gasteiger partial charge in [-0.3, -0.25) is 4.98 Å². The van der Waals surface area contributed by atoms with E-state index in [1.165, 1.54) is 5.56 Å². The Morgan fingerprint density at radius 3 is 2.71 bits per heavy atom. The van der Waals surface area contributed by atoms with Crippen LogP contribution >= 0.6 is 0 Å². The fraction of sp³-hybridized carbons (Fsp3) is 0.214. The molecule has 1 aromatic heterocycles. The topological polar surface area (TPSA) is 50.9 Å². The third-order valence-electron chi connectivity index (χ3n) is 2.72. The van der Waals surface area contributed by atoms with E-state index in [0.29, 0.717) is 0 Å². The first-order chi connectivity index (χ1) is 8.15. The first-order valence-electron chi connectivity index (χ1n) is 5.66. The molecule has 0 spiro atoms. The Kier molecular flexibility index (Phi) is 3.28. The maximum atomic E-state index is 5.76. The zero-order chi connectivity index (χ0) is 12.3. The Morgan fingerprint density at radius 2 is 2.00 bits per heavy atom. The standard InChI is InChI=1S/C14H17N3/c1-10-3-6-13(15)7-14(10)17-9-12-5-4-11(2)16-8-12/h3-8,17H,9,15H2,1-2H3. The van der Waals surface area contributed by atoms with E-state index in [2.05, 4.69) is 23.3 Å². The Bertz CT molecular complexity index is 503. The van der Waals surface area contributed by atoms with Crippen LogP contribution in [0.2, 0.25) is 0 Å². The van der Waals surface area contributed by atoms with Crippen LogP contribution in [0.5, 0.6) is 0 Å². The molecule has 3 nitrogen and oxygen atoms in total. The van der Waals surface area contributed by atoms with Crippen LogP contribution in [0.4, 0.5) is 11.4 Å². The van der Waals surface area contributed by atoms with Crippen molar-refractivity contribution in [1.82, 2.24) is 4.98 Å². The van der Waals surface area contributed by atoms with Gasteiger partial charge in [0, 0.05) is 29.8 Å². The van der Waals surface area contributed by atoms with Crippen LogP contribution in [0, 0.1) is 13.8 Å². The predicted octanol–water partition coefficient (Wildman–Crippen LogP) is 2.89. The van der Waals surface area contributed by atoms with E-state index in [0.717, 1.165) is 29.2 Å². The Balaban J connectivity index is 2.07. The van der Waals surface area contributed by atoms with E-state index in [1.54, 1.807) is 0 Å². The van der Waals surface area contributed by atoms with Crippen molar-refractivity contribution >= 4 is 11.4 Å². The molecule has 0 atom stereocenters. The van der Waals surface area contributed by atoms with Gasteiger partial charge in [-0.05, 0) is 43.2 Å². The quantitative estimate of drug-likeness (QED) is 0.793. The van der Waals surface area contributed by atoms with Gasteiger partial charge in [-0.1, -0.05) is 12.1 Å². The maximum absolute atomic E-state index is 5.76. The zero-order valence-corrected chi connectivity index (χ0v) is 10.2. The number of rotatable bonds is 3. The number of hydrogen-bond donors (Lipinski definition) is 2. The highest BCUT2D eigenvalue weighted by atomic mass is 14.9. The molecule has 0 bridgehead atoms. The Hall–Kier alpha value is -2.03. The van der Waals surface area contributed by atoms with Crippen molar-refractivity contribution in [3.63, 3.8) is 0 Å². The first kappa shape index (κ1) is 11.5. The molecule has 0 fully saturated rings. The molecule has 0 saturated heterocycles. The van der Waals surface area contributed by atoms with Crippen LogP contribution < -0.4 is 11.1 Å². The summed E-state index contributed by atoms with van der Waals surface area (Å²) in [6, 6.07) is 9.98. The molecular weight excluding hydrogens is 210 g/mol. The predicted molar refractivity (Wildman–Crippen MR) is 71.9 cm³/mol. The second-order valence-corrected chi connectivity index (χ2v) is 4.24. The highest BCUT2D eigenvalue weighted by molar-refractivity contribution is 5.59. The lowest BCUT2D eigenvalue weighted by Crippen LogP contribution is -2.02. The summed E-state index contributed by atoms with van der Waals surface area (Å²) in [5, 5.41) is 3.37. The molecule has 2 aromatic rings. The Labute approximate surface area is 102 Å². The van der Waals surface area contributed by atoms with Gasteiger partial charge in [0.2, 0.25) is 0 Å². The number of nitrogens with one attached hydrogen (secondary N) is 1. The first-order valence-corrected chi connectivity index (χ1v) is 5.66. The third-order valence-corrected chi connectivity index (χ3v) is 2.72. The summed E-state index contributed by atoms with van der Waals surface area (Å²) in [6.07, 6.45) is 1.89. The number of aromatic nitrogens is 1. The summed E-state index contributed by atoms with van der Waals surface area (Å²) in [7, 11) is 0. The highest BCUT2D eigenvalue weighted by Gasteiger charge is 1.99. The van der Waals surface area contributed by atoms with Crippen molar-refractivity contribution in [3.05, 3.63) is 53.3 Å². The summed E-state index contributed by atoms with van der Waals surface area (Å²) in [5.41, 5.74) is 11.0. The van der Waals surface area contributed by atoms with Gasteiger partial charge in [0.05, 0.1) is 0 Å². The molecule has 0 aliphatic carbocycles. The van der Waals surface area contributed by atoms with E-state index in [4.69, 9.17) is 5.73 Å². The lowest BCUT2D eigenvalue weighted by molar-refractivity contribution is 1.08. The van der Waals surface area contributed by atoms with Crippen molar-refractivity contribution in [2.75, 3.05) is 11.1 Å². The van der Waals surface area contributed by atoms with Gasteiger partial charge in [-0.2, -0.15) is 0 Å². The number of anilines is 2. The van der Waals surface area contributed by atoms with E-state index < -0.39 is 0 Å². The molecule has 0 unspecified atom stereocenters. The maximum Gasteiger partial charge on any atom is 0.0416 e. The molecule has 0 radical (unpaired) electrons. The zero-order valence-electron chi connectivity index (χ0n) is 10.2. The number of pyridine rings is 1. The van der Waals surface area contributed by atoms with Crippen molar-refractivity contribution in [2.45, 2.75) is 20.4 Å². The van der Waals surface area contributed by atoms with Crippen molar-refractivity contribution in [1.29, 1.82) is 0 Å². The largest absolute Gasteiger partial charge is 0.399 e. The second-order valence-electron chi connectivity index (χ2n) is 4.24. The fourth-order valence-electron chi connectivity index (χ4n) is 1.63. The molecule has 0 aliphatic rings. The second kappa shape index (κ2) is 4.87. The average molecular weight is 227 g/mol. The van der Waals surface area contributed by atoms with Crippen LogP contribution in [0.3, 0.4) is 0 Å². The number of nitrogen functional groups attached to an aromatic ring is 1. The number of nitrogens with zero attached hydrogens (tertiary/aromatic N) is 1. The number of nitrogens with two attached hydrogens (primary N) is 1. The molecule has 1 heterocycles. The van der Waals surface area contributed by atoms with Crippen molar-refractivity contribution in [2.24, 2.45) is 0 Å². The van der Waals surface area contributed by atoms with Crippen LogP contribution in [0.25, 0.3) is 0 Å². The summed E-state index contributed by atoms with van der Waals surface area (Å²) in [6.45, 7) is 4.81. The normalized spacial score (nSPS) is 10.2. The third kappa shape index (κ3) is 2.97. The SMILES string of the molecule is Cc1ccc(CNc2cc(N)ccc2C)cn1. The van der Waals surface area contributed by atoms with Gasteiger partial charge >= 0.3 is 0 Å². The Morgan fingerprint density at radius 1 is 1.18 bits per heavy atom. The van der Waals surface area contributed by atoms with Crippen LogP contribution in [0.15, 0.2) is 36.5 Å². The van der Waals surface area contributed by atoms with Gasteiger partial charge in [-0.15, -0.1) is 0 Å². The van der Waals surface area contributed by atoms with E-state index in [1.807, 2.05) is 37.4 Å². The van der Waals surface area contributed by atoms with Crippen LogP contribution in [-0.4, -0.2) is 4.98 Å². The van der Waals surface area contributed by atoms with Gasteiger partial charge in [-0.25, -0.2) is 0 Å². The fourth-order valence-corrected chi connectivity index (χ4v) is 1.63. The number of hydrogen-bond acceptors (Lipinski definition) is 3. The van der Waals surface area contributed by atoms with Crippen molar-refractivity contribution in [3.8, 4) is 0 Å². The van der Waals surface area contributed by atoms with Gasteiger partial charge in [0.15, 0.2) is 0 Å². The molecule has 2 rings (SSSR count). The minimum absolute atomic E-state index is 0.761. The molecule has 1 aromatic carbocycles. The van der Waals surface area contributed by atoms with Gasteiger partial charge in [0.1, 0.15) is 0 Å².